The Morgan fingerprint density at radius 3 is 1.92 bits per heavy atom. The number of halogens is 13. The fraction of sp³-hybridized carbons (Fsp3) is 0.286. The molecule has 0 aliphatic rings. The van der Waals surface area contributed by atoms with Gasteiger partial charge in [0, 0.05) is 14.5 Å². The Morgan fingerprint density at radius 1 is 0.944 bits per heavy atom. The molecule has 0 spiro atoms. The molecular weight excluding hydrogens is 667 g/mol. The van der Waals surface area contributed by atoms with E-state index < -0.39 is 64.5 Å². The van der Waals surface area contributed by atoms with Crippen LogP contribution in [0.2, 0.25) is 5.02 Å². The molecule has 0 saturated heterocycles. The minimum atomic E-state index is -5.35. The standard InChI is InChI=1S/C21H12Br2ClF10NO/c1-8(19(26,27)28)35-18(36)11-3-2-9(4-13(11)21(32,33)34)16(25)7-12(20(29,30)31)10-5-14(22)17(24)15(23)6-10/h2-8,12H,1H3,(H,35,36)/b16-7-/t8-,12?/m1/s1. The van der Waals surface area contributed by atoms with Crippen LogP contribution in [0.4, 0.5) is 43.9 Å². The summed E-state index contributed by atoms with van der Waals surface area (Å²) >= 11 is 11.8. The molecular formula is C21H12Br2ClF10NO. The van der Waals surface area contributed by atoms with Gasteiger partial charge >= 0.3 is 18.5 Å². The molecule has 36 heavy (non-hydrogen) atoms. The first-order valence-electron chi connectivity index (χ1n) is 9.41. The number of allylic oxidation sites excluding steroid dienone is 1. The van der Waals surface area contributed by atoms with Gasteiger partial charge in [-0.25, -0.2) is 4.39 Å². The van der Waals surface area contributed by atoms with Gasteiger partial charge in [0.25, 0.3) is 5.91 Å². The van der Waals surface area contributed by atoms with Crippen molar-refractivity contribution in [1.82, 2.24) is 5.32 Å². The van der Waals surface area contributed by atoms with Crippen molar-refractivity contribution in [3.05, 3.63) is 72.6 Å². The van der Waals surface area contributed by atoms with Gasteiger partial charge in [-0.1, -0.05) is 17.7 Å². The lowest BCUT2D eigenvalue weighted by atomic mass is 9.95. The number of nitrogens with one attached hydrogen (secondary N) is 1. The molecule has 0 aromatic heterocycles. The molecule has 198 valence electrons. The lowest BCUT2D eigenvalue weighted by molar-refractivity contribution is -0.149. The van der Waals surface area contributed by atoms with E-state index in [-0.39, 0.29) is 26.1 Å². The molecule has 1 unspecified atom stereocenters. The maximum absolute atomic E-state index is 14.8. The number of benzene rings is 2. The molecule has 2 nitrogen and oxygen atoms in total. The third-order valence-electron chi connectivity index (χ3n) is 4.71. The van der Waals surface area contributed by atoms with Crippen LogP contribution in [-0.2, 0) is 6.18 Å². The molecule has 0 radical (unpaired) electrons. The molecule has 0 heterocycles. The third-order valence-corrected chi connectivity index (χ3v) is 6.83. The zero-order chi connectivity index (χ0) is 27.8. The van der Waals surface area contributed by atoms with Crippen molar-refractivity contribution >= 4 is 55.2 Å². The van der Waals surface area contributed by atoms with Crippen LogP contribution in [0, 0.1) is 0 Å². The average Bonchev–Trinajstić information content (AvgIpc) is 2.72. The van der Waals surface area contributed by atoms with Gasteiger partial charge in [-0.2, -0.15) is 39.5 Å². The van der Waals surface area contributed by atoms with E-state index in [1.54, 1.807) is 0 Å². The summed E-state index contributed by atoms with van der Waals surface area (Å²) < 4.78 is 135. The SMILES string of the molecule is C[C@@H](NC(=O)c1ccc(/C(F)=C/C(c2cc(Br)c(Cl)c(Br)c2)C(F)(F)F)cc1C(F)(F)F)C(F)(F)F. The van der Waals surface area contributed by atoms with Crippen LogP contribution in [0.25, 0.3) is 5.83 Å². The van der Waals surface area contributed by atoms with Gasteiger partial charge in [0.2, 0.25) is 0 Å². The van der Waals surface area contributed by atoms with Gasteiger partial charge in [-0.3, -0.25) is 4.79 Å². The zero-order valence-electron chi connectivity index (χ0n) is 17.4. The monoisotopic (exact) mass is 677 g/mol. The molecule has 0 fully saturated rings. The van der Waals surface area contributed by atoms with E-state index in [2.05, 4.69) is 31.9 Å². The smallest absolute Gasteiger partial charge is 0.341 e. The van der Waals surface area contributed by atoms with Crippen molar-refractivity contribution in [2.24, 2.45) is 0 Å². The molecule has 1 amide bonds. The molecule has 2 atom stereocenters. The van der Waals surface area contributed by atoms with Gasteiger partial charge in [-0.05, 0) is 74.7 Å². The molecule has 2 aromatic carbocycles. The Kier molecular flexibility index (Phi) is 9.21. The van der Waals surface area contributed by atoms with E-state index in [4.69, 9.17) is 11.6 Å². The van der Waals surface area contributed by atoms with Gasteiger partial charge in [-0.15, -0.1) is 0 Å². The Labute approximate surface area is 218 Å². The number of amides is 1. The van der Waals surface area contributed by atoms with Crippen LogP contribution in [0.15, 0.2) is 45.4 Å². The minimum Gasteiger partial charge on any atom is -0.341 e. The molecule has 0 aliphatic carbocycles. The first kappa shape index (κ1) is 30.4. The predicted octanol–water partition coefficient (Wildman–Crippen LogP) is 9.22. The number of alkyl halides is 9. The molecule has 2 aromatic rings. The highest BCUT2D eigenvalue weighted by Gasteiger charge is 2.42. The molecule has 0 aliphatic heterocycles. The fourth-order valence-corrected chi connectivity index (χ4v) is 4.19. The Morgan fingerprint density at radius 2 is 1.47 bits per heavy atom. The van der Waals surface area contributed by atoms with Crippen molar-refractivity contribution in [3.8, 4) is 0 Å². The lowest BCUT2D eigenvalue weighted by Gasteiger charge is -2.20. The van der Waals surface area contributed by atoms with E-state index in [0.29, 0.717) is 19.1 Å². The highest BCUT2D eigenvalue weighted by Crippen LogP contribution is 2.43. The number of carbonyl (C=O) groups excluding carboxylic acids is 1. The topological polar surface area (TPSA) is 29.1 Å². The van der Waals surface area contributed by atoms with Gasteiger partial charge < -0.3 is 5.32 Å². The maximum Gasteiger partial charge on any atom is 0.417 e. The lowest BCUT2D eigenvalue weighted by Crippen LogP contribution is -2.43. The van der Waals surface area contributed by atoms with Gasteiger partial charge in [0.05, 0.1) is 16.1 Å². The molecule has 2 rings (SSSR count). The van der Waals surface area contributed by atoms with Crippen molar-refractivity contribution in [1.29, 1.82) is 0 Å². The van der Waals surface area contributed by atoms with Crippen molar-refractivity contribution in [2.45, 2.75) is 37.4 Å². The predicted molar refractivity (Wildman–Crippen MR) is 119 cm³/mol. The summed E-state index contributed by atoms with van der Waals surface area (Å²) in [6.45, 7) is 0.493. The molecule has 0 bridgehead atoms. The molecule has 0 saturated carbocycles. The number of hydrogen-bond donors (Lipinski definition) is 1. The Hall–Kier alpha value is -1.80. The van der Waals surface area contributed by atoms with Crippen LogP contribution in [-0.4, -0.2) is 24.3 Å². The van der Waals surface area contributed by atoms with E-state index >= 15 is 0 Å². The van der Waals surface area contributed by atoms with Crippen molar-refractivity contribution in [3.63, 3.8) is 0 Å². The van der Waals surface area contributed by atoms with Crippen LogP contribution in [0.5, 0.6) is 0 Å². The summed E-state index contributed by atoms with van der Waals surface area (Å²) in [5, 5.41) is 1.37. The quantitative estimate of drug-likeness (QED) is 0.248. The first-order valence-corrected chi connectivity index (χ1v) is 11.4. The summed E-state index contributed by atoms with van der Waals surface area (Å²) in [7, 11) is 0. The highest BCUT2D eigenvalue weighted by molar-refractivity contribution is 9.11. The number of rotatable bonds is 5. The second-order valence-electron chi connectivity index (χ2n) is 7.33. The van der Waals surface area contributed by atoms with E-state index in [1.807, 2.05) is 0 Å². The normalized spacial score (nSPS) is 15.0. The summed E-state index contributed by atoms with van der Waals surface area (Å²) in [4.78, 5) is 12.0. The van der Waals surface area contributed by atoms with Crippen molar-refractivity contribution in [2.75, 3.05) is 0 Å². The zero-order valence-corrected chi connectivity index (χ0v) is 21.4. The summed E-state index contributed by atoms with van der Waals surface area (Å²) in [5.74, 6) is -6.10. The van der Waals surface area contributed by atoms with Crippen LogP contribution in [0.3, 0.4) is 0 Å². The van der Waals surface area contributed by atoms with Crippen molar-refractivity contribution < 1.29 is 48.7 Å². The van der Waals surface area contributed by atoms with Crippen LogP contribution >= 0.6 is 43.5 Å². The number of carbonyl (C=O) groups is 1. The molecule has 1 N–H and O–H groups in total. The van der Waals surface area contributed by atoms with Gasteiger partial charge in [0.15, 0.2) is 0 Å². The van der Waals surface area contributed by atoms with E-state index in [1.165, 1.54) is 5.32 Å². The van der Waals surface area contributed by atoms with E-state index in [0.717, 1.165) is 12.1 Å². The summed E-state index contributed by atoms with van der Waals surface area (Å²) in [5.41, 5.74) is -4.60. The molecule has 15 heteroatoms. The summed E-state index contributed by atoms with van der Waals surface area (Å²) in [6.07, 6.45) is -15.4. The second kappa shape index (κ2) is 10.9. The number of hydrogen-bond acceptors (Lipinski definition) is 1. The van der Waals surface area contributed by atoms with Crippen LogP contribution in [0.1, 0.15) is 39.9 Å². The Bertz CT molecular complexity index is 1150. The third kappa shape index (κ3) is 7.37. The second-order valence-corrected chi connectivity index (χ2v) is 9.41. The highest BCUT2D eigenvalue weighted by atomic mass is 79.9. The van der Waals surface area contributed by atoms with Gasteiger partial charge in [0.1, 0.15) is 17.8 Å². The summed E-state index contributed by atoms with van der Waals surface area (Å²) in [6, 6.07) is 0.363. The minimum absolute atomic E-state index is 0.0210. The maximum atomic E-state index is 14.8. The van der Waals surface area contributed by atoms with E-state index in [9.17, 15) is 48.7 Å². The van der Waals surface area contributed by atoms with Crippen LogP contribution < -0.4 is 5.32 Å². The Balaban J connectivity index is 2.57. The fourth-order valence-electron chi connectivity index (χ4n) is 2.86. The average molecular weight is 680 g/mol. The first-order chi connectivity index (χ1) is 16.2. The largest absolute Gasteiger partial charge is 0.417 e.